The minimum atomic E-state index is -0.354. The Morgan fingerprint density at radius 3 is 2.60 bits per heavy atom. The van der Waals surface area contributed by atoms with Crippen LogP contribution in [0.5, 0.6) is 0 Å². The molecule has 6 heteroatoms. The molecule has 2 aromatic rings. The lowest BCUT2D eigenvalue weighted by atomic mass is 9.99. The van der Waals surface area contributed by atoms with Gasteiger partial charge in [0.2, 0.25) is 11.8 Å². The molecular formula is C24H30FN3O2. The SMILES string of the molecule is CC(C)N(CC(=O)N1CCn2cccc2C1c1cccc(F)c1)C(=O)C1CCCC1. The Bertz CT molecular complexity index is 917. The third-order valence-electron chi connectivity index (χ3n) is 6.44. The topological polar surface area (TPSA) is 45.6 Å². The van der Waals surface area contributed by atoms with Crippen LogP contribution in [-0.2, 0) is 16.1 Å². The number of hydrogen-bond acceptors (Lipinski definition) is 2. The van der Waals surface area contributed by atoms with Crippen LogP contribution in [0.4, 0.5) is 4.39 Å². The Morgan fingerprint density at radius 2 is 1.90 bits per heavy atom. The maximum Gasteiger partial charge on any atom is 0.243 e. The number of nitrogens with zero attached hydrogens (tertiary/aromatic N) is 3. The zero-order chi connectivity index (χ0) is 21.3. The van der Waals surface area contributed by atoms with Gasteiger partial charge in [0.1, 0.15) is 12.4 Å². The molecule has 0 spiro atoms. The van der Waals surface area contributed by atoms with Crippen LogP contribution in [0, 0.1) is 11.7 Å². The van der Waals surface area contributed by atoms with Crippen LogP contribution in [-0.4, -0.2) is 45.3 Å². The lowest BCUT2D eigenvalue weighted by Crippen LogP contribution is -2.50. The van der Waals surface area contributed by atoms with Crippen molar-refractivity contribution in [3.8, 4) is 0 Å². The van der Waals surface area contributed by atoms with Crippen LogP contribution in [0.3, 0.4) is 0 Å². The molecule has 4 rings (SSSR count). The number of halogens is 1. The van der Waals surface area contributed by atoms with E-state index >= 15 is 0 Å². The fraction of sp³-hybridized carbons (Fsp3) is 0.500. The van der Waals surface area contributed by atoms with Gasteiger partial charge in [0, 0.05) is 36.9 Å². The van der Waals surface area contributed by atoms with Gasteiger partial charge in [0.25, 0.3) is 0 Å². The predicted molar refractivity (Wildman–Crippen MR) is 113 cm³/mol. The van der Waals surface area contributed by atoms with Gasteiger partial charge >= 0.3 is 0 Å². The number of carbonyl (C=O) groups is 2. The van der Waals surface area contributed by atoms with E-state index in [1.54, 1.807) is 15.9 Å². The van der Waals surface area contributed by atoms with Crippen LogP contribution >= 0.6 is 0 Å². The van der Waals surface area contributed by atoms with E-state index in [4.69, 9.17) is 0 Å². The molecule has 0 bridgehead atoms. The number of hydrogen-bond donors (Lipinski definition) is 0. The Morgan fingerprint density at radius 1 is 1.13 bits per heavy atom. The molecule has 30 heavy (non-hydrogen) atoms. The highest BCUT2D eigenvalue weighted by Crippen LogP contribution is 2.33. The van der Waals surface area contributed by atoms with Gasteiger partial charge in [-0.1, -0.05) is 25.0 Å². The summed E-state index contributed by atoms with van der Waals surface area (Å²) in [5.41, 5.74) is 1.72. The standard InChI is InChI=1S/C24H30FN3O2/c1-17(2)28(24(30)18-7-3-4-8-18)16-22(29)27-14-13-26-12-6-11-21(26)23(27)19-9-5-10-20(25)15-19/h5-6,9-12,15,17-18,23H,3-4,7-8,13-14,16H2,1-2H3. The van der Waals surface area contributed by atoms with Crippen molar-refractivity contribution in [2.75, 3.05) is 13.1 Å². The lowest BCUT2D eigenvalue weighted by Gasteiger charge is -2.39. The normalized spacial score (nSPS) is 19.2. The fourth-order valence-corrected chi connectivity index (χ4v) is 4.84. The first kappa shape index (κ1) is 20.6. The van der Waals surface area contributed by atoms with Crippen molar-refractivity contribution < 1.29 is 14.0 Å². The van der Waals surface area contributed by atoms with Crippen molar-refractivity contribution in [2.45, 2.75) is 58.2 Å². The van der Waals surface area contributed by atoms with Gasteiger partial charge in [-0.05, 0) is 56.5 Å². The molecule has 2 aliphatic rings. The Kier molecular flexibility index (Phi) is 5.93. The highest BCUT2D eigenvalue weighted by molar-refractivity contribution is 5.86. The second-order valence-corrected chi connectivity index (χ2v) is 8.71. The van der Waals surface area contributed by atoms with Crippen molar-refractivity contribution in [1.82, 2.24) is 14.4 Å². The smallest absolute Gasteiger partial charge is 0.243 e. The molecule has 0 radical (unpaired) electrons. The van der Waals surface area contributed by atoms with E-state index in [-0.39, 0.29) is 42.2 Å². The van der Waals surface area contributed by atoms with Gasteiger partial charge in [-0.25, -0.2) is 4.39 Å². The first-order chi connectivity index (χ1) is 14.5. The van der Waals surface area contributed by atoms with Gasteiger partial charge in [0.15, 0.2) is 0 Å². The molecule has 2 heterocycles. The van der Waals surface area contributed by atoms with E-state index in [0.717, 1.165) is 36.9 Å². The van der Waals surface area contributed by atoms with Crippen LogP contribution in [0.15, 0.2) is 42.6 Å². The third kappa shape index (κ3) is 4.00. The second kappa shape index (κ2) is 8.62. The second-order valence-electron chi connectivity index (χ2n) is 8.71. The maximum absolute atomic E-state index is 14.0. The van der Waals surface area contributed by atoms with E-state index in [1.807, 2.05) is 38.2 Å². The average molecular weight is 412 g/mol. The van der Waals surface area contributed by atoms with E-state index in [1.165, 1.54) is 12.1 Å². The van der Waals surface area contributed by atoms with Crippen LogP contribution in [0.2, 0.25) is 0 Å². The third-order valence-corrected chi connectivity index (χ3v) is 6.44. The predicted octanol–water partition coefficient (Wildman–Crippen LogP) is 3.99. The van der Waals surface area contributed by atoms with Crippen LogP contribution in [0.25, 0.3) is 0 Å². The Labute approximate surface area is 177 Å². The number of carbonyl (C=O) groups excluding carboxylic acids is 2. The summed E-state index contributed by atoms with van der Waals surface area (Å²) in [6.45, 7) is 5.22. The molecule has 1 atom stereocenters. The number of benzene rings is 1. The summed E-state index contributed by atoms with van der Waals surface area (Å²) < 4.78 is 16.1. The molecular weight excluding hydrogens is 381 g/mol. The highest BCUT2D eigenvalue weighted by Gasteiger charge is 2.35. The largest absolute Gasteiger partial charge is 0.348 e. The summed E-state index contributed by atoms with van der Waals surface area (Å²) in [7, 11) is 0. The number of amides is 2. The molecule has 1 saturated carbocycles. The fourth-order valence-electron chi connectivity index (χ4n) is 4.84. The van der Waals surface area contributed by atoms with E-state index in [2.05, 4.69) is 4.57 Å². The van der Waals surface area contributed by atoms with Crippen molar-refractivity contribution in [2.24, 2.45) is 5.92 Å². The molecule has 0 saturated heterocycles. The van der Waals surface area contributed by atoms with Gasteiger partial charge in [-0.15, -0.1) is 0 Å². The van der Waals surface area contributed by atoms with E-state index in [9.17, 15) is 14.0 Å². The number of rotatable bonds is 5. The van der Waals surface area contributed by atoms with E-state index < -0.39 is 0 Å². The molecule has 160 valence electrons. The molecule has 1 unspecified atom stereocenters. The zero-order valence-corrected chi connectivity index (χ0v) is 17.8. The molecule has 2 amide bonds. The van der Waals surface area contributed by atoms with Crippen molar-refractivity contribution in [1.29, 1.82) is 0 Å². The van der Waals surface area contributed by atoms with Crippen molar-refractivity contribution in [3.63, 3.8) is 0 Å². The van der Waals surface area contributed by atoms with E-state index in [0.29, 0.717) is 13.1 Å². The van der Waals surface area contributed by atoms with Gasteiger partial charge in [0.05, 0.1) is 6.04 Å². The van der Waals surface area contributed by atoms with Crippen LogP contribution < -0.4 is 0 Å². The minimum Gasteiger partial charge on any atom is -0.348 e. The molecule has 1 aliphatic heterocycles. The first-order valence-corrected chi connectivity index (χ1v) is 11.0. The Balaban J connectivity index is 1.60. The monoisotopic (exact) mass is 411 g/mol. The molecule has 1 aliphatic carbocycles. The summed E-state index contributed by atoms with van der Waals surface area (Å²) in [6.07, 6.45) is 5.99. The number of aromatic nitrogens is 1. The minimum absolute atomic E-state index is 0.0386. The van der Waals surface area contributed by atoms with Gasteiger partial charge < -0.3 is 14.4 Å². The summed E-state index contributed by atoms with van der Waals surface area (Å²) in [5, 5.41) is 0. The Hall–Kier alpha value is -2.63. The molecule has 1 aromatic carbocycles. The molecule has 0 N–H and O–H groups in total. The lowest BCUT2D eigenvalue weighted by molar-refractivity contribution is -0.145. The first-order valence-electron chi connectivity index (χ1n) is 11.0. The molecule has 1 fully saturated rings. The average Bonchev–Trinajstić information content (AvgIpc) is 3.42. The van der Waals surface area contributed by atoms with Gasteiger partial charge in [-0.2, -0.15) is 0 Å². The van der Waals surface area contributed by atoms with Crippen molar-refractivity contribution >= 4 is 11.8 Å². The zero-order valence-electron chi connectivity index (χ0n) is 17.8. The van der Waals surface area contributed by atoms with Crippen LogP contribution in [0.1, 0.15) is 56.8 Å². The quantitative estimate of drug-likeness (QED) is 0.747. The highest BCUT2D eigenvalue weighted by atomic mass is 19.1. The number of fused-ring (bicyclic) bond motifs is 1. The van der Waals surface area contributed by atoms with Crippen molar-refractivity contribution in [3.05, 3.63) is 59.7 Å². The summed E-state index contributed by atoms with van der Waals surface area (Å²) >= 11 is 0. The summed E-state index contributed by atoms with van der Waals surface area (Å²) in [6, 6.07) is 10.0. The molecule has 5 nitrogen and oxygen atoms in total. The summed E-state index contributed by atoms with van der Waals surface area (Å²) in [5.74, 6) is -0.267. The maximum atomic E-state index is 14.0. The van der Waals surface area contributed by atoms with Gasteiger partial charge in [-0.3, -0.25) is 9.59 Å². The molecule has 1 aromatic heterocycles. The summed E-state index contributed by atoms with van der Waals surface area (Å²) in [4.78, 5) is 30.1.